The number of benzene rings is 1. The van der Waals surface area contributed by atoms with E-state index in [0.717, 1.165) is 34.1 Å². The highest BCUT2D eigenvalue weighted by Gasteiger charge is 2.19. The fourth-order valence-corrected chi connectivity index (χ4v) is 3.56. The Morgan fingerprint density at radius 1 is 1.30 bits per heavy atom. The molecule has 0 aliphatic heterocycles. The zero-order chi connectivity index (χ0) is 14.5. The van der Waals surface area contributed by atoms with Crippen molar-refractivity contribution in [1.82, 2.24) is 0 Å². The molecule has 0 amide bonds. The summed E-state index contributed by atoms with van der Waals surface area (Å²) in [7, 11) is 0. The SMILES string of the molecule is CCC1CCC(CNc2ccc(C(N)=S)cc2Br)CC1. The molecule has 1 aromatic carbocycles. The monoisotopic (exact) mass is 354 g/mol. The lowest BCUT2D eigenvalue weighted by Gasteiger charge is -2.28. The number of nitrogens with two attached hydrogens (primary N) is 1. The van der Waals surface area contributed by atoms with E-state index in [1.54, 1.807) is 0 Å². The normalized spacial score (nSPS) is 22.5. The van der Waals surface area contributed by atoms with Gasteiger partial charge in [-0.1, -0.05) is 38.4 Å². The minimum Gasteiger partial charge on any atom is -0.389 e. The summed E-state index contributed by atoms with van der Waals surface area (Å²) in [5, 5.41) is 3.55. The third kappa shape index (κ3) is 4.19. The van der Waals surface area contributed by atoms with Gasteiger partial charge < -0.3 is 11.1 Å². The highest BCUT2D eigenvalue weighted by molar-refractivity contribution is 9.10. The molecule has 110 valence electrons. The van der Waals surface area contributed by atoms with Gasteiger partial charge in [0.2, 0.25) is 0 Å². The Kier molecular flexibility index (Phi) is 5.85. The standard InChI is InChI=1S/C16H23BrN2S/c1-2-11-3-5-12(6-4-11)10-19-15-8-7-13(16(18)20)9-14(15)17/h7-9,11-12,19H,2-6,10H2,1H3,(H2,18,20). The van der Waals surface area contributed by atoms with Crippen molar-refractivity contribution in [2.45, 2.75) is 39.0 Å². The summed E-state index contributed by atoms with van der Waals surface area (Å²) in [5.74, 6) is 1.77. The molecule has 2 rings (SSSR count). The molecular formula is C16H23BrN2S. The Hall–Kier alpha value is -0.610. The average molecular weight is 355 g/mol. The summed E-state index contributed by atoms with van der Waals surface area (Å²) in [5.41, 5.74) is 7.67. The summed E-state index contributed by atoms with van der Waals surface area (Å²) in [6.45, 7) is 3.37. The predicted octanol–water partition coefficient (Wildman–Crippen LogP) is 4.71. The first kappa shape index (κ1) is 15.8. The van der Waals surface area contributed by atoms with Gasteiger partial charge in [0.15, 0.2) is 0 Å². The Morgan fingerprint density at radius 2 is 1.95 bits per heavy atom. The van der Waals surface area contributed by atoms with E-state index in [1.807, 2.05) is 12.1 Å². The summed E-state index contributed by atoms with van der Waals surface area (Å²) in [6, 6.07) is 6.01. The first-order valence-corrected chi connectivity index (χ1v) is 8.63. The topological polar surface area (TPSA) is 38.0 Å². The number of rotatable bonds is 5. The average Bonchev–Trinajstić information content (AvgIpc) is 2.46. The molecule has 20 heavy (non-hydrogen) atoms. The molecule has 3 N–H and O–H groups in total. The van der Waals surface area contributed by atoms with E-state index in [9.17, 15) is 0 Å². The van der Waals surface area contributed by atoms with Crippen molar-refractivity contribution >= 4 is 38.8 Å². The third-order valence-electron chi connectivity index (χ3n) is 4.38. The maximum absolute atomic E-state index is 5.64. The number of nitrogens with one attached hydrogen (secondary N) is 1. The second kappa shape index (κ2) is 7.41. The van der Waals surface area contributed by atoms with E-state index in [-0.39, 0.29) is 0 Å². The second-order valence-corrected chi connectivity index (χ2v) is 7.03. The van der Waals surface area contributed by atoms with Crippen molar-refractivity contribution < 1.29 is 0 Å². The van der Waals surface area contributed by atoms with Gasteiger partial charge in [-0.2, -0.15) is 0 Å². The third-order valence-corrected chi connectivity index (χ3v) is 5.27. The van der Waals surface area contributed by atoms with Gasteiger partial charge in [0.05, 0.1) is 0 Å². The second-order valence-electron chi connectivity index (χ2n) is 5.73. The van der Waals surface area contributed by atoms with Crippen molar-refractivity contribution in [3.63, 3.8) is 0 Å². The number of halogens is 1. The molecule has 4 heteroatoms. The van der Waals surface area contributed by atoms with E-state index in [4.69, 9.17) is 18.0 Å². The maximum Gasteiger partial charge on any atom is 0.104 e. The van der Waals surface area contributed by atoms with Crippen LogP contribution in [0.2, 0.25) is 0 Å². The van der Waals surface area contributed by atoms with E-state index >= 15 is 0 Å². The van der Waals surface area contributed by atoms with Crippen LogP contribution in [0.5, 0.6) is 0 Å². The van der Waals surface area contributed by atoms with Gasteiger partial charge >= 0.3 is 0 Å². The van der Waals surface area contributed by atoms with E-state index in [1.165, 1.54) is 32.1 Å². The van der Waals surface area contributed by atoms with Crippen molar-refractivity contribution in [1.29, 1.82) is 0 Å². The van der Waals surface area contributed by atoms with Crippen LogP contribution < -0.4 is 11.1 Å². The molecule has 0 saturated heterocycles. The Labute approximate surface area is 135 Å². The fourth-order valence-electron chi connectivity index (χ4n) is 2.91. The van der Waals surface area contributed by atoms with Crippen LogP contribution in [0.15, 0.2) is 22.7 Å². The van der Waals surface area contributed by atoms with Gasteiger partial charge in [-0.3, -0.25) is 0 Å². The summed E-state index contributed by atoms with van der Waals surface area (Å²) in [4.78, 5) is 0.440. The quantitative estimate of drug-likeness (QED) is 0.751. The largest absolute Gasteiger partial charge is 0.389 e. The van der Waals surface area contributed by atoms with Gasteiger partial charge in [-0.05, 0) is 58.8 Å². The lowest BCUT2D eigenvalue weighted by Crippen LogP contribution is -2.21. The van der Waals surface area contributed by atoms with Gasteiger partial charge in [0.25, 0.3) is 0 Å². The molecule has 0 bridgehead atoms. The van der Waals surface area contributed by atoms with Crippen molar-refractivity contribution in [3.05, 3.63) is 28.2 Å². The lowest BCUT2D eigenvalue weighted by molar-refractivity contribution is 0.278. The van der Waals surface area contributed by atoms with Crippen LogP contribution in [-0.2, 0) is 0 Å². The Morgan fingerprint density at radius 3 is 2.50 bits per heavy atom. The molecule has 0 spiro atoms. The molecule has 1 aromatic rings. The predicted molar refractivity (Wildman–Crippen MR) is 94.3 cm³/mol. The first-order chi connectivity index (χ1) is 9.60. The molecule has 0 aromatic heterocycles. The molecule has 0 radical (unpaired) electrons. The van der Waals surface area contributed by atoms with Crippen LogP contribution in [0.4, 0.5) is 5.69 Å². The maximum atomic E-state index is 5.64. The van der Waals surface area contributed by atoms with Crippen LogP contribution in [0.1, 0.15) is 44.6 Å². The van der Waals surface area contributed by atoms with Gasteiger partial charge in [-0.15, -0.1) is 0 Å². The van der Waals surface area contributed by atoms with Crippen LogP contribution >= 0.6 is 28.1 Å². The van der Waals surface area contributed by atoms with Crippen LogP contribution in [0, 0.1) is 11.8 Å². The van der Waals surface area contributed by atoms with E-state index in [0.29, 0.717) is 4.99 Å². The minimum absolute atomic E-state index is 0.440. The molecule has 0 heterocycles. The zero-order valence-electron chi connectivity index (χ0n) is 12.0. The van der Waals surface area contributed by atoms with Crippen molar-refractivity contribution in [2.75, 3.05) is 11.9 Å². The summed E-state index contributed by atoms with van der Waals surface area (Å²) in [6.07, 6.45) is 6.84. The van der Waals surface area contributed by atoms with E-state index < -0.39 is 0 Å². The van der Waals surface area contributed by atoms with Gasteiger partial charge in [0.1, 0.15) is 4.99 Å². The fraction of sp³-hybridized carbons (Fsp3) is 0.562. The molecule has 1 aliphatic carbocycles. The van der Waals surface area contributed by atoms with Crippen molar-refractivity contribution in [3.8, 4) is 0 Å². The van der Waals surface area contributed by atoms with Crippen LogP contribution in [0.3, 0.4) is 0 Å². The number of hydrogen-bond donors (Lipinski definition) is 2. The summed E-state index contributed by atoms with van der Waals surface area (Å²) >= 11 is 8.57. The molecule has 1 aliphatic rings. The van der Waals surface area contributed by atoms with Gasteiger partial charge in [-0.25, -0.2) is 0 Å². The summed E-state index contributed by atoms with van der Waals surface area (Å²) < 4.78 is 1.03. The van der Waals surface area contributed by atoms with Gasteiger partial charge in [0, 0.05) is 22.3 Å². The molecular weight excluding hydrogens is 332 g/mol. The zero-order valence-corrected chi connectivity index (χ0v) is 14.4. The Bertz CT molecular complexity index is 468. The number of thiocarbonyl (C=S) groups is 1. The first-order valence-electron chi connectivity index (χ1n) is 7.43. The minimum atomic E-state index is 0.440. The molecule has 1 fully saturated rings. The molecule has 0 unspecified atom stereocenters. The van der Waals surface area contributed by atoms with Crippen LogP contribution in [0.25, 0.3) is 0 Å². The molecule has 1 saturated carbocycles. The van der Waals surface area contributed by atoms with E-state index in [2.05, 4.69) is 34.2 Å². The number of anilines is 1. The lowest BCUT2D eigenvalue weighted by atomic mass is 9.81. The molecule has 2 nitrogen and oxygen atoms in total. The highest BCUT2D eigenvalue weighted by Crippen LogP contribution is 2.31. The van der Waals surface area contributed by atoms with Crippen LogP contribution in [-0.4, -0.2) is 11.5 Å². The number of hydrogen-bond acceptors (Lipinski definition) is 2. The Balaban J connectivity index is 1.87. The molecule has 0 atom stereocenters. The smallest absolute Gasteiger partial charge is 0.104 e. The highest BCUT2D eigenvalue weighted by atomic mass is 79.9. The van der Waals surface area contributed by atoms with Crippen molar-refractivity contribution in [2.24, 2.45) is 17.6 Å².